The van der Waals surface area contributed by atoms with E-state index in [4.69, 9.17) is 9.47 Å². The number of nitro groups is 1. The first-order valence-electron chi connectivity index (χ1n) is 10.6. The number of methoxy groups -OCH3 is 1. The SMILES string of the molecule is COc1cc(C=NN2C(=O)[C@@H]3[C@H](C2=O)[C@H]2C=C[C@H]3C2)cc([N+](=O)[O-])c1OCc1ccccc1. The molecule has 0 N–H and O–H groups in total. The Balaban J connectivity index is 1.40. The van der Waals surface area contributed by atoms with Crippen LogP contribution in [0.4, 0.5) is 5.69 Å². The summed E-state index contributed by atoms with van der Waals surface area (Å²) >= 11 is 0. The van der Waals surface area contributed by atoms with Crippen LogP contribution < -0.4 is 9.47 Å². The number of nitrogens with zero attached hydrogens (tertiary/aromatic N) is 3. The number of allylic oxidation sites excluding steroid dienone is 2. The molecule has 2 aliphatic carbocycles. The predicted octanol–water partition coefficient (Wildman–Crippen LogP) is 3.32. The molecule has 2 aromatic carbocycles. The summed E-state index contributed by atoms with van der Waals surface area (Å²) in [5.74, 6) is -1.04. The van der Waals surface area contributed by atoms with E-state index in [0.29, 0.717) is 5.56 Å². The van der Waals surface area contributed by atoms with Gasteiger partial charge in [-0.15, -0.1) is 0 Å². The Hall–Kier alpha value is -4.01. The van der Waals surface area contributed by atoms with Crippen LogP contribution in [-0.4, -0.2) is 35.1 Å². The van der Waals surface area contributed by atoms with E-state index in [9.17, 15) is 19.7 Å². The van der Waals surface area contributed by atoms with Gasteiger partial charge in [-0.3, -0.25) is 19.7 Å². The number of nitro benzene ring substituents is 1. The Kier molecular flexibility index (Phi) is 5.16. The molecular formula is C24H21N3O6. The van der Waals surface area contributed by atoms with Crippen molar-refractivity contribution in [3.05, 3.63) is 75.9 Å². The zero-order valence-corrected chi connectivity index (χ0v) is 17.8. The van der Waals surface area contributed by atoms with Crippen LogP contribution in [0, 0.1) is 33.8 Å². The van der Waals surface area contributed by atoms with Gasteiger partial charge < -0.3 is 9.47 Å². The standard InChI is InChI=1S/C24H21N3O6/c1-32-19-10-15(9-18(27(30)31)22(19)33-13-14-5-3-2-4-6-14)12-25-26-23(28)20-16-7-8-17(11-16)21(20)24(26)29/h2-10,12,16-17,20-21H,11,13H2,1H3/t16-,17-,20-,21+/m0/s1. The first kappa shape index (κ1) is 20.9. The van der Waals surface area contributed by atoms with Gasteiger partial charge in [-0.05, 0) is 29.9 Å². The van der Waals surface area contributed by atoms with Crippen molar-refractivity contribution in [2.24, 2.45) is 28.8 Å². The number of hydrogen-bond donors (Lipinski definition) is 0. The lowest BCUT2D eigenvalue weighted by atomic mass is 9.85. The number of carbonyl (C=O) groups is 2. The zero-order valence-electron chi connectivity index (χ0n) is 17.8. The lowest BCUT2D eigenvalue weighted by Crippen LogP contribution is -2.28. The van der Waals surface area contributed by atoms with E-state index in [0.717, 1.165) is 17.0 Å². The summed E-state index contributed by atoms with van der Waals surface area (Å²) in [6, 6.07) is 12.1. The van der Waals surface area contributed by atoms with Gasteiger partial charge >= 0.3 is 5.69 Å². The number of hydrazone groups is 1. The molecule has 3 aliphatic rings. The molecule has 2 amide bonds. The summed E-state index contributed by atoms with van der Waals surface area (Å²) in [6.07, 6.45) is 6.11. The molecule has 1 heterocycles. The molecule has 0 spiro atoms. The third kappa shape index (κ3) is 3.55. The van der Waals surface area contributed by atoms with Gasteiger partial charge in [-0.2, -0.15) is 10.1 Å². The molecule has 0 aromatic heterocycles. The molecule has 1 aliphatic heterocycles. The van der Waals surface area contributed by atoms with Gasteiger partial charge in [0.25, 0.3) is 11.8 Å². The minimum Gasteiger partial charge on any atom is -0.493 e. The summed E-state index contributed by atoms with van der Waals surface area (Å²) in [5, 5.41) is 16.7. The fourth-order valence-electron chi connectivity index (χ4n) is 4.97. The monoisotopic (exact) mass is 447 g/mol. The molecule has 0 unspecified atom stereocenters. The normalized spacial score (nSPS) is 25.2. The minimum atomic E-state index is -0.569. The summed E-state index contributed by atoms with van der Waals surface area (Å²) in [7, 11) is 1.38. The maximum atomic E-state index is 12.8. The van der Waals surface area contributed by atoms with Crippen molar-refractivity contribution in [1.82, 2.24) is 5.01 Å². The first-order chi connectivity index (χ1) is 16.0. The second kappa shape index (κ2) is 8.16. The van der Waals surface area contributed by atoms with E-state index in [1.165, 1.54) is 25.5 Å². The Morgan fingerprint density at radius 3 is 2.39 bits per heavy atom. The number of fused-ring (bicyclic) bond motifs is 5. The number of rotatable bonds is 7. The van der Waals surface area contributed by atoms with Crippen molar-refractivity contribution in [3.63, 3.8) is 0 Å². The third-order valence-electron chi connectivity index (χ3n) is 6.47. The largest absolute Gasteiger partial charge is 0.493 e. The van der Waals surface area contributed by atoms with Crippen LogP contribution >= 0.6 is 0 Å². The van der Waals surface area contributed by atoms with Crippen molar-refractivity contribution in [1.29, 1.82) is 0 Å². The summed E-state index contributed by atoms with van der Waals surface area (Å²) in [6.45, 7) is 0.126. The van der Waals surface area contributed by atoms with Crippen LogP contribution in [0.2, 0.25) is 0 Å². The second-order valence-corrected chi connectivity index (χ2v) is 8.34. The van der Waals surface area contributed by atoms with Crippen molar-refractivity contribution in [3.8, 4) is 11.5 Å². The highest BCUT2D eigenvalue weighted by atomic mass is 16.6. The van der Waals surface area contributed by atoms with Crippen LogP contribution in [0.15, 0.2) is 59.7 Å². The molecule has 2 fully saturated rings. The molecule has 1 saturated heterocycles. The Bertz CT molecular complexity index is 1160. The number of ether oxygens (including phenoxy) is 2. The van der Waals surface area contributed by atoms with Crippen molar-refractivity contribution in [2.45, 2.75) is 13.0 Å². The topological polar surface area (TPSA) is 111 Å². The number of benzene rings is 2. The average Bonchev–Trinajstić information content (AvgIpc) is 3.51. The molecule has 4 atom stereocenters. The van der Waals surface area contributed by atoms with Gasteiger partial charge in [0, 0.05) is 11.6 Å². The zero-order chi connectivity index (χ0) is 23.1. The van der Waals surface area contributed by atoms with Gasteiger partial charge in [0.05, 0.1) is 30.1 Å². The smallest absolute Gasteiger partial charge is 0.315 e. The van der Waals surface area contributed by atoms with Crippen molar-refractivity contribution >= 4 is 23.7 Å². The van der Waals surface area contributed by atoms with E-state index in [-0.39, 0.29) is 59.3 Å². The molecule has 2 aromatic rings. The van der Waals surface area contributed by atoms with Crippen LogP contribution in [0.1, 0.15) is 17.5 Å². The number of carbonyl (C=O) groups excluding carboxylic acids is 2. The molecule has 5 rings (SSSR count). The predicted molar refractivity (Wildman–Crippen MR) is 118 cm³/mol. The van der Waals surface area contributed by atoms with E-state index in [2.05, 4.69) is 5.10 Å². The quantitative estimate of drug-likeness (QED) is 0.212. The lowest BCUT2D eigenvalue weighted by molar-refractivity contribution is -0.386. The van der Waals surface area contributed by atoms with Gasteiger partial charge in [0.2, 0.25) is 5.75 Å². The van der Waals surface area contributed by atoms with Crippen LogP contribution in [-0.2, 0) is 16.2 Å². The molecule has 33 heavy (non-hydrogen) atoms. The molecular weight excluding hydrogens is 426 g/mol. The average molecular weight is 447 g/mol. The third-order valence-corrected chi connectivity index (χ3v) is 6.47. The fraction of sp³-hybridized carbons (Fsp3) is 0.292. The van der Waals surface area contributed by atoms with Crippen LogP contribution in [0.3, 0.4) is 0 Å². The molecule has 9 heteroatoms. The summed E-state index contributed by atoms with van der Waals surface area (Å²) in [5.41, 5.74) is 0.855. The van der Waals surface area contributed by atoms with E-state index >= 15 is 0 Å². The van der Waals surface area contributed by atoms with E-state index < -0.39 is 4.92 Å². The van der Waals surface area contributed by atoms with E-state index in [1.54, 1.807) is 0 Å². The fourth-order valence-corrected chi connectivity index (χ4v) is 4.97. The molecule has 0 radical (unpaired) electrons. The summed E-state index contributed by atoms with van der Waals surface area (Å²) in [4.78, 5) is 36.7. The van der Waals surface area contributed by atoms with Crippen molar-refractivity contribution < 1.29 is 24.0 Å². The lowest BCUT2D eigenvalue weighted by Gasteiger charge is -2.13. The maximum absolute atomic E-state index is 12.8. The highest BCUT2D eigenvalue weighted by Crippen LogP contribution is 2.52. The maximum Gasteiger partial charge on any atom is 0.315 e. The Morgan fingerprint density at radius 2 is 1.79 bits per heavy atom. The minimum absolute atomic E-state index is 0.00555. The highest BCUT2D eigenvalue weighted by molar-refractivity contribution is 6.06. The Labute approximate surface area is 189 Å². The molecule has 1 saturated carbocycles. The highest BCUT2D eigenvalue weighted by Gasteiger charge is 2.59. The summed E-state index contributed by atoms with van der Waals surface area (Å²) < 4.78 is 11.0. The number of hydrogen-bond acceptors (Lipinski definition) is 7. The number of imide groups is 1. The first-order valence-corrected chi connectivity index (χ1v) is 10.6. The molecule has 9 nitrogen and oxygen atoms in total. The molecule has 2 bridgehead atoms. The van der Waals surface area contributed by atoms with Gasteiger partial charge in [0.15, 0.2) is 5.75 Å². The van der Waals surface area contributed by atoms with Crippen LogP contribution in [0.5, 0.6) is 11.5 Å². The molecule has 168 valence electrons. The van der Waals surface area contributed by atoms with Crippen molar-refractivity contribution in [2.75, 3.05) is 7.11 Å². The van der Waals surface area contributed by atoms with E-state index in [1.807, 2.05) is 42.5 Å². The van der Waals surface area contributed by atoms with Gasteiger partial charge in [-0.25, -0.2) is 0 Å². The van der Waals surface area contributed by atoms with Gasteiger partial charge in [0.1, 0.15) is 6.61 Å². The number of amides is 2. The second-order valence-electron chi connectivity index (χ2n) is 8.34. The Morgan fingerprint density at radius 1 is 1.12 bits per heavy atom. The van der Waals surface area contributed by atoms with Gasteiger partial charge in [-0.1, -0.05) is 42.5 Å². The van der Waals surface area contributed by atoms with Crippen LogP contribution in [0.25, 0.3) is 0 Å².